The van der Waals surface area contributed by atoms with Gasteiger partial charge >= 0.3 is 0 Å². The van der Waals surface area contributed by atoms with Gasteiger partial charge in [-0.15, -0.1) is 6.58 Å². The standard InChI is InChI=1S/C14H19NO/c1-5-10-15(14(2,3)4)13-9-7-6-8-12(13)11-16/h5-9,11H,1,10H2,2-4H3. The van der Waals surface area contributed by atoms with Gasteiger partial charge in [-0.25, -0.2) is 0 Å². The third-order valence-electron chi connectivity index (χ3n) is 2.48. The van der Waals surface area contributed by atoms with E-state index in [1.165, 1.54) is 0 Å². The van der Waals surface area contributed by atoms with E-state index in [4.69, 9.17) is 0 Å². The molecule has 0 heterocycles. The molecule has 0 aliphatic carbocycles. The number of benzene rings is 1. The van der Waals surface area contributed by atoms with Crippen LogP contribution in [0, 0.1) is 0 Å². The molecule has 0 radical (unpaired) electrons. The third kappa shape index (κ3) is 2.72. The Bertz CT molecular complexity index is 377. The molecule has 16 heavy (non-hydrogen) atoms. The first-order valence-electron chi connectivity index (χ1n) is 5.43. The van der Waals surface area contributed by atoms with Crippen molar-refractivity contribution in [2.75, 3.05) is 11.4 Å². The smallest absolute Gasteiger partial charge is 0.152 e. The Balaban J connectivity index is 3.20. The fourth-order valence-corrected chi connectivity index (χ4v) is 1.70. The van der Waals surface area contributed by atoms with Gasteiger partial charge in [0.1, 0.15) is 0 Å². The zero-order valence-corrected chi connectivity index (χ0v) is 10.2. The quantitative estimate of drug-likeness (QED) is 0.569. The van der Waals surface area contributed by atoms with E-state index >= 15 is 0 Å². The van der Waals surface area contributed by atoms with Crippen molar-refractivity contribution in [1.82, 2.24) is 0 Å². The molecule has 2 nitrogen and oxygen atoms in total. The van der Waals surface area contributed by atoms with Crippen LogP contribution in [-0.4, -0.2) is 18.4 Å². The van der Waals surface area contributed by atoms with Crippen LogP contribution >= 0.6 is 0 Å². The molecule has 0 atom stereocenters. The number of carbonyl (C=O) groups excluding carboxylic acids is 1. The predicted molar refractivity (Wildman–Crippen MR) is 69.1 cm³/mol. The largest absolute Gasteiger partial charge is 0.362 e. The third-order valence-corrected chi connectivity index (χ3v) is 2.48. The Morgan fingerprint density at radius 1 is 1.31 bits per heavy atom. The molecule has 0 bridgehead atoms. The maximum Gasteiger partial charge on any atom is 0.152 e. The number of para-hydroxylation sites is 1. The van der Waals surface area contributed by atoms with Gasteiger partial charge in [-0.2, -0.15) is 0 Å². The van der Waals surface area contributed by atoms with Crippen LogP contribution in [0.4, 0.5) is 5.69 Å². The van der Waals surface area contributed by atoms with Crippen LogP contribution in [0.5, 0.6) is 0 Å². The summed E-state index contributed by atoms with van der Waals surface area (Å²) in [5.74, 6) is 0. The van der Waals surface area contributed by atoms with E-state index < -0.39 is 0 Å². The topological polar surface area (TPSA) is 20.3 Å². The molecule has 0 aliphatic rings. The molecule has 0 saturated carbocycles. The fraction of sp³-hybridized carbons (Fsp3) is 0.357. The van der Waals surface area contributed by atoms with Gasteiger partial charge < -0.3 is 4.90 Å². The highest BCUT2D eigenvalue weighted by molar-refractivity contribution is 5.84. The minimum Gasteiger partial charge on any atom is -0.362 e. The maximum atomic E-state index is 11.0. The molecule has 1 aromatic rings. The van der Waals surface area contributed by atoms with E-state index in [1.807, 2.05) is 30.3 Å². The van der Waals surface area contributed by atoms with Crippen LogP contribution in [-0.2, 0) is 0 Å². The number of carbonyl (C=O) groups is 1. The highest BCUT2D eigenvalue weighted by Crippen LogP contribution is 2.26. The van der Waals surface area contributed by atoms with Crippen molar-refractivity contribution in [3.8, 4) is 0 Å². The molecule has 86 valence electrons. The summed E-state index contributed by atoms with van der Waals surface area (Å²) in [4.78, 5) is 13.2. The zero-order valence-electron chi connectivity index (χ0n) is 10.2. The second-order valence-corrected chi connectivity index (χ2v) is 4.75. The molecule has 0 amide bonds. The normalized spacial score (nSPS) is 10.9. The van der Waals surface area contributed by atoms with Crippen LogP contribution in [0.1, 0.15) is 31.1 Å². The van der Waals surface area contributed by atoms with Gasteiger partial charge in [-0.3, -0.25) is 4.79 Å². The van der Waals surface area contributed by atoms with E-state index in [9.17, 15) is 4.79 Å². The number of hydrogen-bond donors (Lipinski definition) is 0. The summed E-state index contributed by atoms with van der Waals surface area (Å²) in [5, 5.41) is 0. The molecular weight excluding hydrogens is 198 g/mol. The van der Waals surface area contributed by atoms with Crippen molar-refractivity contribution in [3.05, 3.63) is 42.5 Å². The van der Waals surface area contributed by atoms with Gasteiger partial charge in [-0.05, 0) is 32.9 Å². The lowest BCUT2D eigenvalue weighted by Crippen LogP contribution is -2.42. The van der Waals surface area contributed by atoms with Gasteiger partial charge in [0.25, 0.3) is 0 Å². The number of anilines is 1. The summed E-state index contributed by atoms with van der Waals surface area (Å²) in [6.07, 6.45) is 2.75. The number of aldehydes is 1. The molecule has 0 aromatic heterocycles. The lowest BCUT2D eigenvalue weighted by atomic mass is 10.0. The molecule has 0 aliphatic heterocycles. The number of rotatable bonds is 4. The van der Waals surface area contributed by atoms with Crippen LogP contribution in [0.3, 0.4) is 0 Å². The molecule has 1 aromatic carbocycles. The fourth-order valence-electron chi connectivity index (χ4n) is 1.70. The van der Waals surface area contributed by atoms with Crippen molar-refractivity contribution in [2.24, 2.45) is 0 Å². The van der Waals surface area contributed by atoms with E-state index in [-0.39, 0.29) is 5.54 Å². The second kappa shape index (κ2) is 4.97. The number of hydrogen-bond acceptors (Lipinski definition) is 2. The van der Waals surface area contributed by atoms with E-state index in [0.717, 1.165) is 24.1 Å². The average Bonchev–Trinajstić information content (AvgIpc) is 2.24. The van der Waals surface area contributed by atoms with Crippen LogP contribution in [0.2, 0.25) is 0 Å². The van der Waals surface area contributed by atoms with Crippen LogP contribution < -0.4 is 4.90 Å². The summed E-state index contributed by atoms with van der Waals surface area (Å²) < 4.78 is 0. The summed E-state index contributed by atoms with van der Waals surface area (Å²) in [6, 6.07) is 7.63. The lowest BCUT2D eigenvalue weighted by Gasteiger charge is -2.37. The highest BCUT2D eigenvalue weighted by Gasteiger charge is 2.22. The average molecular weight is 217 g/mol. The van der Waals surface area contributed by atoms with E-state index in [1.54, 1.807) is 0 Å². The summed E-state index contributed by atoms with van der Waals surface area (Å²) >= 11 is 0. The maximum absolute atomic E-state index is 11.0. The van der Waals surface area contributed by atoms with Gasteiger partial charge in [-0.1, -0.05) is 18.2 Å². The first kappa shape index (κ1) is 12.5. The Morgan fingerprint density at radius 3 is 2.44 bits per heavy atom. The van der Waals surface area contributed by atoms with E-state index in [2.05, 4.69) is 32.3 Å². The monoisotopic (exact) mass is 217 g/mol. The Morgan fingerprint density at radius 2 is 1.94 bits per heavy atom. The lowest BCUT2D eigenvalue weighted by molar-refractivity contribution is 0.112. The summed E-state index contributed by atoms with van der Waals surface area (Å²) in [6.45, 7) is 10.9. The molecule has 1 rings (SSSR count). The molecule has 0 N–H and O–H groups in total. The summed E-state index contributed by atoms with van der Waals surface area (Å²) in [7, 11) is 0. The van der Waals surface area contributed by atoms with Crippen LogP contribution in [0.15, 0.2) is 36.9 Å². The zero-order chi connectivity index (χ0) is 12.2. The van der Waals surface area contributed by atoms with E-state index in [0.29, 0.717) is 0 Å². The predicted octanol–water partition coefficient (Wildman–Crippen LogP) is 3.29. The first-order valence-corrected chi connectivity index (χ1v) is 5.43. The van der Waals surface area contributed by atoms with Crippen molar-refractivity contribution in [1.29, 1.82) is 0 Å². The molecule has 0 unspecified atom stereocenters. The van der Waals surface area contributed by atoms with Crippen LogP contribution in [0.25, 0.3) is 0 Å². The Labute approximate surface area is 97.6 Å². The van der Waals surface area contributed by atoms with Gasteiger partial charge in [0, 0.05) is 23.3 Å². The van der Waals surface area contributed by atoms with Crippen molar-refractivity contribution in [3.63, 3.8) is 0 Å². The summed E-state index contributed by atoms with van der Waals surface area (Å²) in [5.41, 5.74) is 1.65. The SMILES string of the molecule is C=CCN(c1ccccc1C=O)C(C)(C)C. The molecule has 0 saturated heterocycles. The van der Waals surface area contributed by atoms with Gasteiger partial charge in [0.05, 0.1) is 0 Å². The Kier molecular flexibility index (Phi) is 3.88. The highest BCUT2D eigenvalue weighted by atomic mass is 16.1. The minimum absolute atomic E-state index is 0.0344. The molecule has 0 spiro atoms. The number of nitrogens with zero attached hydrogens (tertiary/aromatic N) is 1. The Hall–Kier alpha value is -1.57. The first-order chi connectivity index (χ1) is 7.50. The minimum atomic E-state index is -0.0344. The second-order valence-electron chi connectivity index (χ2n) is 4.75. The molecular formula is C14H19NO. The van der Waals surface area contributed by atoms with Gasteiger partial charge in [0.15, 0.2) is 6.29 Å². The molecule has 2 heteroatoms. The van der Waals surface area contributed by atoms with Crippen molar-refractivity contribution in [2.45, 2.75) is 26.3 Å². The van der Waals surface area contributed by atoms with Crippen molar-refractivity contribution >= 4 is 12.0 Å². The van der Waals surface area contributed by atoms with Gasteiger partial charge in [0.2, 0.25) is 0 Å². The van der Waals surface area contributed by atoms with Crippen molar-refractivity contribution < 1.29 is 4.79 Å². The molecule has 0 fully saturated rings.